The van der Waals surface area contributed by atoms with Crippen molar-refractivity contribution in [2.45, 2.75) is 0 Å². The van der Waals surface area contributed by atoms with E-state index in [4.69, 9.17) is 16.9 Å². The molecule has 6 rings (SSSR count). The molecular formula is C34H30Cl2FeP2Po+2. The first-order valence-corrected chi connectivity index (χ1v) is 23.4. The first-order valence-electron chi connectivity index (χ1n) is 12.6. The molecule has 0 spiro atoms. The van der Waals surface area contributed by atoms with Crippen LogP contribution in [0.3, 0.4) is 0 Å². The maximum Gasteiger partial charge on any atom is 2.00 e. The van der Waals surface area contributed by atoms with Crippen LogP contribution in [0, 0.1) is 0 Å². The Labute approximate surface area is 270 Å². The molecule has 0 atom stereocenters. The molecule has 0 nitrogen and oxygen atoms in total. The minimum absolute atomic E-state index is 0. The summed E-state index contributed by atoms with van der Waals surface area (Å²) in [6.07, 6.45) is 0. The van der Waals surface area contributed by atoms with Crippen molar-refractivity contribution in [1.82, 2.24) is 0 Å². The summed E-state index contributed by atoms with van der Waals surface area (Å²) in [5.41, 5.74) is 0. The van der Waals surface area contributed by atoms with Crippen LogP contribution in [-0.4, -0.2) is 21.2 Å². The first kappa shape index (κ1) is 32.9. The smallest absolute Gasteiger partial charge is 0.210 e. The summed E-state index contributed by atoms with van der Waals surface area (Å²) >= 11 is -0.806. The number of hydrogen-bond donors (Lipinski definition) is 0. The quantitative estimate of drug-likeness (QED) is 0.0987. The van der Waals surface area contributed by atoms with Crippen LogP contribution >= 0.6 is 32.7 Å². The third-order valence-corrected chi connectivity index (χ3v) is 11.6. The van der Waals surface area contributed by atoms with Crippen molar-refractivity contribution in [3.8, 4) is 0 Å². The normalized spacial score (nSPS) is 10.1. The van der Waals surface area contributed by atoms with Gasteiger partial charge in [-0.15, -0.1) is 12.1 Å². The molecule has 0 saturated carbocycles. The van der Waals surface area contributed by atoms with Gasteiger partial charge in [-0.25, -0.2) is 12.1 Å². The van der Waals surface area contributed by atoms with Crippen LogP contribution in [0.5, 0.6) is 0 Å². The second kappa shape index (κ2) is 18.8. The van der Waals surface area contributed by atoms with Gasteiger partial charge in [0.1, 0.15) is 0 Å². The van der Waals surface area contributed by atoms with Gasteiger partial charge in [0, 0.05) is 0 Å². The Bertz CT molecular complexity index is 1240. The standard InChI is InChI=1S/2C17H14P.2ClH.Fe.Po/c2*1-3-9-15(10-4-1)18(17-13-7-8-14-17)16-11-5-2-6-12-16;;;;/h2*1-14H;2*1H;;/q2*-1;;;2*+2. The number of hydrogen-bond acceptors (Lipinski definition) is 0. The van der Waals surface area contributed by atoms with Crippen molar-refractivity contribution in [3.63, 3.8) is 0 Å². The van der Waals surface area contributed by atoms with E-state index >= 15 is 0 Å². The van der Waals surface area contributed by atoms with Gasteiger partial charge < -0.3 is 0 Å². The van der Waals surface area contributed by atoms with E-state index in [1.165, 1.54) is 31.8 Å². The Kier molecular flexibility index (Phi) is 15.5. The number of benzene rings is 4. The topological polar surface area (TPSA) is 0 Å². The second-order valence-electron chi connectivity index (χ2n) is 8.62. The van der Waals surface area contributed by atoms with Gasteiger partial charge in [-0.3, -0.25) is 0 Å². The summed E-state index contributed by atoms with van der Waals surface area (Å²) in [5, 5.41) is 8.69. The maximum absolute atomic E-state index is 4.93. The molecule has 40 heavy (non-hydrogen) atoms. The maximum atomic E-state index is 4.93. The van der Waals surface area contributed by atoms with Gasteiger partial charge in [-0.2, -0.15) is 24.3 Å². The van der Waals surface area contributed by atoms with Crippen LogP contribution < -0.4 is 31.8 Å². The molecule has 0 heterocycles. The van der Waals surface area contributed by atoms with E-state index < -0.39 is 37.0 Å². The largest absolute Gasteiger partial charge is 2.00 e. The molecule has 0 saturated heterocycles. The molecule has 0 amide bonds. The van der Waals surface area contributed by atoms with Gasteiger partial charge in [-0.05, 0) is 59.1 Å². The third kappa shape index (κ3) is 9.77. The van der Waals surface area contributed by atoms with Gasteiger partial charge in [-0.1, -0.05) is 72.8 Å². The predicted molar refractivity (Wildman–Crippen MR) is 182 cm³/mol. The van der Waals surface area contributed by atoms with Gasteiger partial charge in [0.05, 0.1) is 37.1 Å². The van der Waals surface area contributed by atoms with Crippen LogP contribution in [0.1, 0.15) is 0 Å². The van der Waals surface area contributed by atoms with Crippen molar-refractivity contribution < 1.29 is 17.1 Å². The molecule has 0 N–H and O–H groups in total. The molecule has 0 unspecified atom stereocenters. The SMILES string of the molecule is [Cl][Po][Cl].[Fe+2].c1ccc([PH+](c2ccccc2)c2ccc[cH-]2)cc1.c1ccc([PH+](c2ccccc2)c2ccc[cH-]2)cc1. The van der Waals surface area contributed by atoms with Crippen molar-refractivity contribution in [1.29, 1.82) is 0 Å². The van der Waals surface area contributed by atoms with Crippen LogP contribution in [0.2, 0.25) is 0 Å². The second-order valence-corrected chi connectivity index (χ2v) is 18.1. The van der Waals surface area contributed by atoms with Crippen molar-refractivity contribution in [3.05, 3.63) is 170 Å². The Hall–Kier alpha value is -1.56. The third-order valence-electron chi connectivity index (χ3n) is 6.15. The molecule has 6 aromatic carbocycles. The van der Waals surface area contributed by atoms with Crippen molar-refractivity contribution in [2.75, 3.05) is 0 Å². The Morgan fingerprint density at radius 1 is 0.400 bits per heavy atom. The van der Waals surface area contributed by atoms with Gasteiger partial charge in [0.2, 0.25) is 0 Å². The molecule has 0 aliphatic heterocycles. The van der Waals surface area contributed by atoms with Crippen LogP contribution in [0.4, 0.5) is 0 Å². The van der Waals surface area contributed by atoms with Crippen LogP contribution in [-0.2, 0) is 17.1 Å². The minimum atomic E-state index is -0.834. The van der Waals surface area contributed by atoms with Crippen LogP contribution in [0.15, 0.2) is 170 Å². The molecular weight excluding hydrogens is 806 g/mol. The van der Waals surface area contributed by atoms with Gasteiger partial charge >= 0.3 is 55.1 Å². The van der Waals surface area contributed by atoms with E-state index in [9.17, 15) is 0 Å². The summed E-state index contributed by atoms with van der Waals surface area (Å²) in [5.74, 6) is 0. The van der Waals surface area contributed by atoms with E-state index in [0.717, 1.165) is 0 Å². The number of rotatable bonds is 6. The Balaban J connectivity index is 0.000000197. The summed E-state index contributed by atoms with van der Waals surface area (Å²) < 4.78 is 0. The zero-order valence-corrected chi connectivity index (χ0v) is 29.5. The molecule has 0 bridgehead atoms. The molecule has 0 aromatic heterocycles. The average molecular weight is 836 g/mol. The minimum Gasteiger partial charge on any atom is -0.210 e. The predicted octanol–water partition coefficient (Wildman–Crippen LogP) is 6.79. The molecule has 202 valence electrons. The van der Waals surface area contributed by atoms with Crippen molar-refractivity contribution in [2.24, 2.45) is 0 Å². The average Bonchev–Trinajstić information content (AvgIpc) is 3.72. The molecule has 0 radical (unpaired) electrons. The Morgan fingerprint density at radius 2 is 0.650 bits per heavy atom. The molecule has 6 heteroatoms. The van der Waals surface area contributed by atoms with E-state index in [1.54, 1.807) is 0 Å². The van der Waals surface area contributed by atoms with E-state index in [1.807, 2.05) is 0 Å². The van der Waals surface area contributed by atoms with Gasteiger partial charge in [0.25, 0.3) is 0 Å². The summed E-state index contributed by atoms with van der Waals surface area (Å²) in [6, 6.07) is 60.8. The fraction of sp³-hybridized carbons (Fsp3) is 0. The zero-order chi connectivity index (χ0) is 27.1. The number of halogens is 2. The van der Waals surface area contributed by atoms with Gasteiger partial charge in [0.15, 0.2) is 0 Å². The van der Waals surface area contributed by atoms with E-state index in [0.29, 0.717) is 0 Å². The fourth-order valence-electron chi connectivity index (χ4n) is 4.50. The van der Waals surface area contributed by atoms with Crippen molar-refractivity contribution >= 4 is 85.7 Å². The zero-order valence-electron chi connectivity index (χ0n) is 21.7. The summed E-state index contributed by atoms with van der Waals surface area (Å²) in [7, 11) is 8.19. The summed E-state index contributed by atoms with van der Waals surface area (Å²) in [6.45, 7) is 0. The summed E-state index contributed by atoms with van der Waals surface area (Å²) in [4.78, 5) is 0. The Morgan fingerprint density at radius 3 is 0.850 bits per heavy atom. The molecule has 0 aliphatic carbocycles. The van der Waals surface area contributed by atoms with Crippen LogP contribution in [0.25, 0.3) is 0 Å². The van der Waals surface area contributed by atoms with E-state index in [2.05, 4.69) is 170 Å². The fourth-order valence-corrected chi connectivity index (χ4v) is 9.66. The van der Waals surface area contributed by atoms with E-state index in [-0.39, 0.29) is 17.1 Å². The molecule has 0 fully saturated rings. The molecule has 0 aliphatic rings. The monoisotopic (exact) mass is 835 g/mol. The molecule has 6 aromatic rings. The first-order chi connectivity index (χ1) is 19.3.